The van der Waals surface area contributed by atoms with Crippen LogP contribution in [0.2, 0.25) is 0 Å². The molecule has 0 aliphatic carbocycles. The van der Waals surface area contributed by atoms with Crippen LogP contribution in [0.3, 0.4) is 0 Å². The number of rotatable bonds is 5. The van der Waals surface area contributed by atoms with Gasteiger partial charge < -0.3 is 15.1 Å². The summed E-state index contributed by atoms with van der Waals surface area (Å²) in [6.07, 6.45) is 2.81. The fourth-order valence-electron chi connectivity index (χ4n) is 2.05. The van der Waals surface area contributed by atoms with Gasteiger partial charge in [0.15, 0.2) is 5.82 Å². The second kappa shape index (κ2) is 6.49. The van der Waals surface area contributed by atoms with Crippen LogP contribution in [0.1, 0.15) is 20.3 Å². The fourth-order valence-corrected chi connectivity index (χ4v) is 2.05. The zero-order valence-electron chi connectivity index (χ0n) is 11.3. The summed E-state index contributed by atoms with van der Waals surface area (Å²) < 4.78 is 0. The molecule has 1 aromatic heterocycles. The van der Waals surface area contributed by atoms with E-state index in [0.717, 1.165) is 51.5 Å². The van der Waals surface area contributed by atoms with Gasteiger partial charge in [0.05, 0.1) is 6.20 Å². The lowest BCUT2D eigenvalue weighted by atomic mass is 10.3. The lowest BCUT2D eigenvalue weighted by Gasteiger charge is -2.34. The topological polar surface area (TPSA) is 57.2 Å². The third-order valence-corrected chi connectivity index (χ3v) is 3.22. The smallest absolute Gasteiger partial charge is 0.244 e. The van der Waals surface area contributed by atoms with Crippen LogP contribution in [-0.4, -0.2) is 59.3 Å². The number of likely N-dealkylation sites (N-methyl/N-ethyl adjacent to an activating group) is 1. The Kier molecular flexibility index (Phi) is 4.69. The van der Waals surface area contributed by atoms with Crippen molar-refractivity contribution in [1.82, 2.24) is 20.1 Å². The Balaban J connectivity index is 1.96. The molecule has 6 heteroatoms. The van der Waals surface area contributed by atoms with Gasteiger partial charge in [-0.25, -0.2) is 0 Å². The molecule has 1 N–H and O–H groups in total. The van der Waals surface area contributed by atoms with Crippen LogP contribution in [-0.2, 0) is 0 Å². The predicted octanol–water partition coefficient (Wildman–Crippen LogP) is 0.835. The molecule has 1 aromatic rings. The number of anilines is 2. The lowest BCUT2D eigenvalue weighted by Crippen LogP contribution is -2.46. The van der Waals surface area contributed by atoms with E-state index in [2.05, 4.69) is 44.1 Å². The SMILES string of the molecule is CCCNc1nncc(N2CCN(CC)CC2)n1. The summed E-state index contributed by atoms with van der Waals surface area (Å²) in [6.45, 7) is 10.5. The highest BCUT2D eigenvalue weighted by Crippen LogP contribution is 2.13. The first-order valence-corrected chi connectivity index (χ1v) is 6.74. The van der Waals surface area contributed by atoms with Crippen LogP contribution in [0.4, 0.5) is 11.8 Å². The van der Waals surface area contributed by atoms with Crippen molar-refractivity contribution < 1.29 is 0 Å². The lowest BCUT2D eigenvalue weighted by molar-refractivity contribution is 0.270. The van der Waals surface area contributed by atoms with E-state index < -0.39 is 0 Å². The van der Waals surface area contributed by atoms with E-state index >= 15 is 0 Å². The number of hydrogen-bond donors (Lipinski definition) is 1. The molecule has 0 radical (unpaired) electrons. The highest BCUT2D eigenvalue weighted by atomic mass is 15.3. The Morgan fingerprint density at radius 2 is 2.00 bits per heavy atom. The first-order chi connectivity index (χ1) is 8.83. The van der Waals surface area contributed by atoms with Crippen LogP contribution in [0, 0.1) is 0 Å². The Hall–Kier alpha value is -1.43. The Bertz CT molecular complexity index is 361. The van der Waals surface area contributed by atoms with Crippen molar-refractivity contribution in [2.45, 2.75) is 20.3 Å². The molecule has 0 bridgehead atoms. The Morgan fingerprint density at radius 3 is 2.67 bits per heavy atom. The molecule has 1 aliphatic rings. The summed E-state index contributed by atoms with van der Waals surface area (Å²) in [6, 6.07) is 0. The molecule has 100 valence electrons. The van der Waals surface area contributed by atoms with Crippen molar-refractivity contribution in [3.8, 4) is 0 Å². The van der Waals surface area contributed by atoms with Crippen molar-refractivity contribution >= 4 is 11.8 Å². The molecule has 0 saturated carbocycles. The van der Waals surface area contributed by atoms with E-state index in [0.29, 0.717) is 5.95 Å². The van der Waals surface area contributed by atoms with Gasteiger partial charge in [0.2, 0.25) is 5.95 Å². The molecule has 2 heterocycles. The van der Waals surface area contributed by atoms with E-state index in [1.54, 1.807) is 6.20 Å². The Labute approximate surface area is 108 Å². The van der Waals surface area contributed by atoms with Gasteiger partial charge in [0.1, 0.15) is 0 Å². The third-order valence-electron chi connectivity index (χ3n) is 3.22. The zero-order chi connectivity index (χ0) is 12.8. The van der Waals surface area contributed by atoms with Crippen molar-refractivity contribution in [2.75, 3.05) is 49.5 Å². The summed E-state index contributed by atoms with van der Waals surface area (Å²) >= 11 is 0. The molecular formula is C12H22N6. The van der Waals surface area contributed by atoms with Gasteiger partial charge in [-0.15, -0.1) is 5.10 Å². The molecule has 0 atom stereocenters. The standard InChI is InChI=1S/C12H22N6/c1-3-5-13-12-15-11(10-14-16-12)18-8-6-17(4-2)7-9-18/h10H,3-9H2,1-2H3,(H,13,15,16). The van der Waals surface area contributed by atoms with Gasteiger partial charge in [0, 0.05) is 32.7 Å². The first kappa shape index (κ1) is 13.0. The quantitative estimate of drug-likeness (QED) is 0.835. The zero-order valence-corrected chi connectivity index (χ0v) is 11.3. The van der Waals surface area contributed by atoms with Crippen LogP contribution in [0.25, 0.3) is 0 Å². The molecule has 1 aliphatic heterocycles. The molecule has 0 spiro atoms. The molecular weight excluding hydrogens is 228 g/mol. The summed E-state index contributed by atoms with van der Waals surface area (Å²) in [5, 5.41) is 11.2. The molecule has 0 amide bonds. The molecule has 1 saturated heterocycles. The van der Waals surface area contributed by atoms with Gasteiger partial charge in [-0.2, -0.15) is 10.1 Å². The summed E-state index contributed by atoms with van der Waals surface area (Å²) in [5.74, 6) is 1.56. The average Bonchev–Trinajstić information content (AvgIpc) is 2.45. The van der Waals surface area contributed by atoms with Crippen LogP contribution >= 0.6 is 0 Å². The summed E-state index contributed by atoms with van der Waals surface area (Å²) in [4.78, 5) is 9.23. The highest BCUT2D eigenvalue weighted by molar-refractivity contribution is 5.40. The normalized spacial score (nSPS) is 16.9. The van der Waals surface area contributed by atoms with Crippen molar-refractivity contribution in [3.05, 3.63) is 6.20 Å². The average molecular weight is 250 g/mol. The summed E-state index contributed by atoms with van der Waals surface area (Å²) in [7, 11) is 0. The van der Waals surface area contributed by atoms with E-state index in [1.165, 1.54) is 0 Å². The highest BCUT2D eigenvalue weighted by Gasteiger charge is 2.17. The van der Waals surface area contributed by atoms with Crippen LogP contribution < -0.4 is 10.2 Å². The maximum atomic E-state index is 4.51. The molecule has 2 rings (SSSR count). The van der Waals surface area contributed by atoms with Crippen LogP contribution in [0.5, 0.6) is 0 Å². The van der Waals surface area contributed by atoms with Crippen molar-refractivity contribution in [3.63, 3.8) is 0 Å². The Morgan fingerprint density at radius 1 is 1.22 bits per heavy atom. The van der Waals surface area contributed by atoms with Gasteiger partial charge in [0.25, 0.3) is 0 Å². The fraction of sp³-hybridized carbons (Fsp3) is 0.750. The second-order valence-electron chi connectivity index (χ2n) is 4.49. The minimum atomic E-state index is 0.632. The number of nitrogens with one attached hydrogen (secondary N) is 1. The largest absolute Gasteiger partial charge is 0.353 e. The molecule has 0 aromatic carbocycles. The number of hydrogen-bond acceptors (Lipinski definition) is 6. The molecule has 6 nitrogen and oxygen atoms in total. The molecule has 18 heavy (non-hydrogen) atoms. The van der Waals surface area contributed by atoms with Crippen molar-refractivity contribution in [2.24, 2.45) is 0 Å². The van der Waals surface area contributed by atoms with Gasteiger partial charge in [-0.05, 0) is 13.0 Å². The van der Waals surface area contributed by atoms with E-state index in [1.807, 2.05) is 0 Å². The number of nitrogens with zero attached hydrogens (tertiary/aromatic N) is 5. The maximum absolute atomic E-state index is 4.51. The number of aromatic nitrogens is 3. The summed E-state index contributed by atoms with van der Waals surface area (Å²) in [5.41, 5.74) is 0. The van der Waals surface area contributed by atoms with Crippen molar-refractivity contribution in [1.29, 1.82) is 0 Å². The van der Waals surface area contributed by atoms with Crippen LogP contribution in [0.15, 0.2) is 6.20 Å². The number of piperazine rings is 1. The first-order valence-electron chi connectivity index (χ1n) is 6.74. The van der Waals surface area contributed by atoms with Gasteiger partial charge in [-0.1, -0.05) is 13.8 Å². The molecule has 1 fully saturated rings. The predicted molar refractivity (Wildman–Crippen MR) is 72.9 cm³/mol. The van der Waals surface area contributed by atoms with Gasteiger partial charge in [-0.3, -0.25) is 0 Å². The maximum Gasteiger partial charge on any atom is 0.244 e. The minimum Gasteiger partial charge on any atom is -0.353 e. The van der Waals surface area contributed by atoms with E-state index in [4.69, 9.17) is 0 Å². The minimum absolute atomic E-state index is 0.632. The van der Waals surface area contributed by atoms with Gasteiger partial charge >= 0.3 is 0 Å². The third kappa shape index (κ3) is 3.29. The molecule has 0 unspecified atom stereocenters. The second-order valence-corrected chi connectivity index (χ2v) is 4.49. The monoisotopic (exact) mass is 250 g/mol. The van der Waals surface area contributed by atoms with E-state index in [9.17, 15) is 0 Å². The van der Waals surface area contributed by atoms with E-state index in [-0.39, 0.29) is 0 Å².